The summed E-state index contributed by atoms with van der Waals surface area (Å²) in [5.74, 6) is 0. The fraction of sp³-hybridized carbons (Fsp3) is 0.300. The van der Waals surface area contributed by atoms with Crippen molar-refractivity contribution >= 4 is 33.8 Å². The Morgan fingerprint density at radius 2 is 1.35 bits per heavy atom. The lowest BCUT2D eigenvalue weighted by molar-refractivity contribution is 0.465. The first-order valence-electron chi connectivity index (χ1n) is 8.90. The number of anilines is 2. The summed E-state index contributed by atoms with van der Waals surface area (Å²) >= 11 is 0. The van der Waals surface area contributed by atoms with E-state index in [9.17, 15) is 8.42 Å². The molecule has 0 amide bonds. The van der Waals surface area contributed by atoms with Crippen molar-refractivity contribution in [2.24, 2.45) is 0 Å². The van der Waals surface area contributed by atoms with Gasteiger partial charge < -0.3 is 4.90 Å². The SMILES string of the molecule is O=S(=O)(O)NCCCCCCN1c2ccccc2C=Cc2ccccc21. The highest BCUT2D eigenvalue weighted by Crippen LogP contribution is 2.36. The standard InChI is InChI=1S/C20H24N2O3S/c23-26(24,25)21-15-7-1-2-8-16-22-19-11-5-3-9-17(19)13-14-18-10-4-6-12-20(18)22/h3-6,9-14,21H,1-2,7-8,15-16H2,(H,23,24,25). The van der Waals surface area contributed by atoms with E-state index in [2.05, 4.69) is 70.3 Å². The summed E-state index contributed by atoms with van der Waals surface area (Å²) in [6, 6.07) is 16.8. The summed E-state index contributed by atoms with van der Waals surface area (Å²) in [5, 5.41) is 0. The highest BCUT2D eigenvalue weighted by Gasteiger charge is 2.16. The fourth-order valence-electron chi connectivity index (χ4n) is 3.25. The van der Waals surface area contributed by atoms with Crippen molar-refractivity contribution in [2.45, 2.75) is 25.7 Å². The van der Waals surface area contributed by atoms with Crippen LogP contribution in [0.3, 0.4) is 0 Å². The molecule has 1 aliphatic heterocycles. The zero-order valence-electron chi connectivity index (χ0n) is 14.6. The number of nitrogens with one attached hydrogen (secondary N) is 1. The van der Waals surface area contributed by atoms with Crippen molar-refractivity contribution in [2.75, 3.05) is 18.0 Å². The molecular formula is C20H24N2O3S. The summed E-state index contributed by atoms with van der Waals surface area (Å²) in [5.41, 5.74) is 4.84. The van der Waals surface area contributed by atoms with Gasteiger partial charge in [-0.05, 0) is 36.1 Å². The summed E-state index contributed by atoms with van der Waals surface area (Å²) in [6.45, 7) is 1.18. The summed E-state index contributed by atoms with van der Waals surface area (Å²) in [7, 11) is -4.07. The van der Waals surface area contributed by atoms with Crippen molar-refractivity contribution < 1.29 is 13.0 Å². The van der Waals surface area contributed by atoms with Crippen LogP contribution in [-0.4, -0.2) is 26.1 Å². The monoisotopic (exact) mass is 372 g/mol. The molecule has 2 aromatic carbocycles. The first-order valence-corrected chi connectivity index (χ1v) is 10.3. The van der Waals surface area contributed by atoms with E-state index >= 15 is 0 Å². The van der Waals surface area contributed by atoms with Crippen LogP contribution in [0, 0.1) is 0 Å². The molecule has 1 aliphatic rings. The van der Waals surface area contributed by atoms with Crippen LogP contribution in [-0.2, 0) is 10.3 Å². The van der Waals surface area contributed by atoms with E-state index < -0.39 is 10.3 Å². The number of fused-ring (bicyclic) bond motifs is 2. The van der Waals surface area contributed by atoms with E-state index in [-0.39, 0.29) is 6.54 Å². The van der Waals surface area contributed by atoms with Crippen LogP contribution in [0.2, 0.25) is 0 Å². The Labute approximate surface area is 155 Å². The highest BCUT2D eigenvalue weighted by atomic mass is 32.2. The van der Waals surface area contributed by atoms with Gasteiger partial charge in [-0.25, -0.2) is 0 Å². The molecule has 2 aromatic rings. The molecule has 0 fully saturated rings. The number of rotatable bonds is 8. The minimum absolute atomic E-state index is 0.276. The Bertz CT molecular complexity index is 829. The Morgan fingerprint density at radius 3 is 1.92 bits per heavy atom. The number of hydrogen-bond donors (Lipinski definition) is 2. The molecule has 0 aromatic heterocycles. The van der Waals surface area contributed by atoms with Crippen LogP contribution < -0.4 is 9.62 Å². The van der Waals surface area contributed by atoms with Crippen LogP contribution in [0.25, 0.3) is 12.2 Å². The average Bonchev–Trinajstić information content (AvgIpc) is 2.77. The second-order valence-corrected chi connectivity index (χ2v) is 7.63. The molecule has 0 bridgehead atoms. The maximum Gasteiger partial charge on any atom is 0.333 e. The molecule has 0 radical (unpaired) electrons. The zero-order valence-corrected chi connectivity index (χ0v) is 15.5. The van der Waals surface area contributed by atoms with E-state index in [1.165, 1.54) is 22.5 Å². The van der Waals surface area contributed by atoms with E-state index in [0.29, 0.717) is 6.42 Å². The van der Waals surface area contributed by atoms with Gasteiger partial charge in [0.2, 0.25) is 0 Å². The van der Waals surface area contributed by atoms with Crippen LogP contribution in [0.15, 0.2) is 48.5 Å². The van der Waals surface area contributed by atoms with Gasteiger partial charge in [0.05, 0.1) is 0 Å². The molecule has 138 valence electrons. The molecule has 0 unspecified atom stereocenters. The molecule has 6 heteroatoms. The Morgan fingerprint density at radius 1 is 0.808 bits per heavy atom. The number of nitrogens with zero attached hydrogens (tertiary/aromatic N) is 1. The van der Waals surface area contributed by atoms with Crippen molar-refractivity contribution in [3.8, 4) is 0 Å². The number of hydrogen-bond acceptors (Lipinski definition) is 3. The number of benzene rings is 2. The van der Waals surface area contributed by atoms with Crippen molar-refractivity contribution in [3.63, 3.8) is 0 Å². The van der Waals surface area contributed by atoms with E-state index in [0.717, 1.165) is 25.8 Å². The normalized spacial score (nSPS) is 13.2. The highest BCUT2D eigenvalue weighted by molar-refractivity contribution is 7.83. The topological polar surface area (TPSA) is 69.6 Å². The number of para-hydroxylation sites is 2. The van der Waals surface area contributed by atoms with E-state index in [1.54, 1.807) is 0 Å². The smallest absolute Gasteiger partial charge is 0.333 e. The third-order valence-electron chi connectivity index (χ3n) is 4.49. The molecular weight excluding hydrogens is 348 g/mol. The Balaban J connectivity index is 1.61. The van der Waals surface area contributed by atoms with Crippen molar-refractivity contribution in [1.82, 2.24) is 4.72 Å². The maximum atomic E-state index is 10.6. The lowest BCUT2D eigenvalue weighted by Crippen LogP contribution is -2.23. The van der Waals surface area contributed by atoms with Crippen LogP contribution in [0.4, 0.5) is 11.4 Å². The molecule has 0 aliphatic carbocycles. The Hall–Kier alpha value is -2.15. The van der Waals surface area contributed by atoms with Gasteiger partial charge in [0.25, 0.3) is 0 Å². The Kier molecular flexibility index (Phi) is 6.08. The predicted octanol–water partition coefficient (Wildman–Crippen LogP) is 4.26. The van der Waals surface area contributed by atoms with Crippen LogP contribution in [0.1, 0.15) is 36.8 Å². The molecule has 26 heavy (non-hydrogen) atoms. The molecule has 0 spiro atoms. The molecule has 0 saturated carbocycles. The first-order chi connectivity index (χ1) is 12.5. The molecule has 1 heterocycles. The molecule has 0 saturated heterocycles. The fourth-order valence-corrected chi connectivity index (χ4v) is 3.65. The van der Waals surface area contributed by atoms with Crippen molar-refractivity contribution in [1.29, 1.82) is 0 Å². The lowest BCUT2D eigenvalue weighted by Gasteiger charge is -2.27. The zero-order chi connectivity index (χ0) is 18.4. The molecule has 2 N–H and O–H groups in total. The van der Waals surface area contributed by atoms with Gasteiger partial charge in [-0.2, -0.15) is 13.1 Å². The van der Waals surface area contributed by atoms with Gasteiger partial charge in [0.15, 0.2) is 0 Å². The van der Waals surface area contributed by atoms with Gasteiger partial charge >= 0.3 is 10.3 Å². The second kappa shape index (κ2) is 8.49. The van der Waals surface area contributed by atoms with Crippen molar-refractivity contribution in [3.05, 3.63) is 59.7 Å². The van der Waals surface area contributed by atoms with Gasteiger partial charge in [-0.15, -0.1) is 0 Å². The molecule has 0 atom stereocenters. The average molecular weight is 372 g/mol. The third-order valence-corrected chi connectivity index (χ3v) is 5.06. The second-order valence-electron chi connectivity index (χ2n) is 6.39. The van der Waals surface area contributed by atoms with Gasteiger partial charge in [-0.1, -0.05) is 61.4 Å². The molecule has 3 rings (SSSR count). The lowest BCUT2D eigenvalue weighted by atomic mass is 10.1. The largest absolute Gasteiger partial charge is 0.341 e. The first kappa shape index (κ1) is 18.6. The van der Waals surface area contributed by atoms with Gasteiger partial charge in [0, 0.05) is 24.5 Å². The maximum absolute atomic E-state index is 10.6. The van der Waals surface area contributed by atoms with Gasteiger partial charge in [-0.3, -0.25) is 4.55 Å². The van der Waals surface area contributed by atoms with Crippen LogP contribution >= 0.6 is 0 Å². The molecule has 5 nitrogen and oxygen atoms in total. The third kappa shape index (κ3) is 4.94. The summed E-state index contributed by atoms with van der Waals surface area (Å²) in [6.07, 6.45) is 7.96. The summed E-state index contributed by atoms with van der Waals surface area (Å²) < 4.78 is 32.0. The van der Waals surface area contributed by atoms with Crippen LogP contribution in [0.5, 0.6) is 0 Å². The number of unbranched alkanes of at least 4 members (excludes halogenated alkanes) is 3. The van der Waals surface area contributed by atoms with E-state index in [4.69, 9.17) is 4.55 Å². The summed E-state index contributed by atoms with van der Waals surface area (Å²) in [4.78, 5) is 2.36. The van der Waals surface area contributed by atoms with E-state index in [1.807, 2.05) is 0 Å². The van der Waals surface area contributed by atoms with Gasteiger partial charge in [0.1, 0.15) is 0 Å². The quantitative estimate of drug-likeness (QED) is 0.536. The predicted molar refractivity (Wildman–Crippen MR) is 107 cm³/mol. The minimum atomic E-state index is -4.07. The minimum Gasteiger partial charge on any atom is -0.341 e.